The summed E-state index contributed by atoms with van der Waals surface area (Å²) in [7, 11) is 0. The number of para-hydroxylation sites is 2. The number of pyridine rings is 1. The predicted octanol–water partition coefficient (Wildman–Crippen LogP) is 3.74. The van der Waals surface area contributed by atoms with Crippen LogP contribution in [0.25, 0.3) is 17.0 Å². The van der Waals surface area contributed by atoms with E-state index in [4.69, 9.17) is 4.74 Å². The number of nitrogens with one attached hydrogen (secondary N) is 1. The van der Waals surface area contributed by atoms with Gasteiger partial charge in [0.1, 0.15) is 11.3 Å². The molecule has 1 aromatic heterocycles. The molecule has 0 unspecified atom stereocenters. The lowest BCUT2D eigenvalue weighted by atomic mass is 10.1. The van der Waals surface area contributed by atoms with Crippen LogP contribution in [0.2, 0.25) is 0 Å². The fourth-order valence-electron chi connectivity index (χ4n) is 2.68. The average Bonchev–Trinajstić information content (AvgIpc) is 2.72. The summed E-state index contributed by atoms with van der Waals surface area (Å²) < 4.78 is 5.77. The topological polar surface area (TPSA) is 94.4 Å². The molecule has 7 heteroatoms. The molecule has 3 rings (SSSR count). The highest BCUT2D eigenvalue weighted by Crippen LogP contribution is 2.23. The van der Waals surface area contributed by atoms with E-state index in [2.05, 4.69) is 10.3 Å². The highest BCUT2D eigenvalue weighted by molar-refractivity contribution is 5.92. The van der Waals surface area contributed by atoms with Crippen molar-refractivity contribution in [2.75, 3.05) is 13.2 Å². The number of rotatable bonds is 8. The second-order valence-electron chi connectivity index (χ2n) is 5.97. The third kappa shape index (κ3) is 4.91. The molecular formula is C21H19N3O4. The van der Waals surface area contributed by atoms with Gasteiger partial charge in [-0.2, -0.15) is 0 Å². The smallest absolute Gasteiger partial charge is 0.276 e. The number of aromatic nitrogens is 1. The minimum atomic E-state index is -0.475. The molecule has 0 aliphatic carbocycles. The highest BCUT2D eigenvalue weighted by Gasteiger charge is 2.09. The van der Waals surface area contributed by atoms with E-state index < -0.39 is 4.92 Å². The van der Waals surface area contributed by atoms with Gasteiger partial charge >= 0.3 is 0 Å². The Labute approximate surface area is 161 Å². The van der Waals surface area contributed by atoms with Gasteiger partial charge in [0.15, 0.2) is 0 Å². The van der Waals surface area contributed by atoms with Gasteiger partial charge in [-0.05, 0) is 30.7 Å². The Balaban J connectivity index is 1.45. The number of carbonyl (C=O) groups is 1. The van der Waals surface area contributed by atoms with Gasteiger partial charge in [0.25, 0.3) is 5.69 Å². The molecule has 3 aromatic rings. The summed E-state index contributed by atoms with van der Waals surface area (Å²) in [5.41, 5.74) is 1.15. The minimum Gasteiger partial charge on any atom is -0.491 e. The zero-order valence-electron chi connectivity index (χ0n) is 15.1. The first kappa shape index (κ1) is 19.0. The van der Waals surface area contributed by atoms with E-state index in [1.165, 1.54) is 18.2 Å². The Bertz CT molecular complexity index is 1010. The van der Waals surface area contributed by atoms with Gasteiger partial charge in [-0.15, -0.1) is 0 Å². The van der Waals surface area contributed by atoms with Crippen molar-refractivity contribution in [2.24, 2.45) is 0 Å². The normalized spacial score (nSPS) is 10.9. The van der Waals surface area contributed by atoms with Gasteiger partial charge in [0, 0.05) is 30.3 Å². The van der Waals surface area contributed by atoms with Crippen LogP contribution in [-0.2, 0) is 4.79 Å². The SMILES string of the molecule is O=C(/C=C/c1ccccc1[N+](=O)[O-])NCCCOc1cccc2cccnc12. The molecule has 1 N–H and O–H groups in total. The summed E-state index contributed by atoms with van der Waals surface area (Å²) in [4.78, 5) is 26.7. The first-order valence-corrected chi connectivity index (χ1v) is 8.81. The molecular weight excluding hydrogens is 358 g/mol. The van der Waals surface area contributed by atoms with Gasteiger partial charge < -0.3 is 10.1 Å². The fraction of sp³-hybridized carbons (Fsp3) is 0.143. The van der Waals surface area contributed by atoms with Gasteiger partial charge in [-0.3, -0.25) is 19.9 Å². The Morgan fingerprint density at radius 2 is 1.96 bits per heavy atom. The lowest BCUT2D eigenvalue weighted by Gasteiger charge is -2.08. The second-order valence-corrected chi connectivity index (χ2v) is 5.97. The number of nitrogens with zero attached hydrogens (tertiary/aromatic N) is 2. The molecule has 0 bridgehead atoms. The van der Waals surface area contributed by atoms with Gasteiger partial charge in [-0.25, -0.2) is 0 Å². The largest absolute Gasteiger partial charge is 0.491 e. The molecule has 0 saturated carbocycles. The summed E-state index contributed by atoms with van der Waals surface area (Å²) in [6.07, 6.45) is 5.07. The Kier molecular flexibility index (Phi) is 6.30. The maximum atomic E-state index is 11.9. The van der Waals surface area contributed by atoms with Crippen LogP contribution in [0.3, 0.4) is 0 Å². The first-order chi connectivity index (χ1) is 13.6. The molecule has 0 aliphatic rings. The standard InChI is InChI=1S/C21H19N3O4/c25-20(12-11-16-6-1-2-9-18(16)24(26)27)22-14-5-15-28-19-10-3-7-17-8-4-13-23-21(17)19/h1-4,6-13H,5,14-15H2,(H,22,25)/b12-11+. The van der Waals surface area contributed by atoms with E-state index in [-0.39, 0.29) is 11.6 Å². The lowest BCUT2D eigenvalue weighted by Crippen LogP contribution is -2.23. The second kappa shape index (κ2) is 9.27. The Morgan fingerprint density at radius 1 is 1.14 bits per heavy atom. The number of amides is 1. The number of hydrogen-bond donors (Lipinski definition) is 1. The molecule has 0 fully saturated rings. The van der Waals surface area contributed by atoms with Crippen LogP contribution in [-0.4, -0.2) is 29.0 Å². The quantitative estimate of drug-likeness (QED) is 0.279. The molecule has 0 saturated heterocycles. The van der Waals surface area contributed by atoms with E-state index in [0.717, 1.165) is 10.9 Å². The molecule has 1 heterocycles. The Morgan fingerprint density at radius 3 is 2.82 bits per heavy atom. The summed E-state index contributed by atoms with van der Waals surface area (Å²) >= 11 is 0. The number of hydrogen-bond acceptors (Lipinski definition) is 5. The van der Waals surface area contributed by atoms with Gasteiger partial charge in [0.05, 0.1) is 17.1 Å². The number of nitro benzene ring substituents is 1. The zero-order valence-corrected chi connectivity index (χ0v) is 15.1. The molecule has 2 aromatic carbocycles. The monoisotopic (exact) mass is 377 g/mol. The van der Waals surface area contributed by atoms with Crippen LogP contribution < -0.4 is 10.1 Å². The number of carbonyl (C=O) groups excluding carboxylic acids is 1. The van der Waals surface area contributed by atoms with Crippen LogP contribution in [0.15, 0.2) is 66.9 Å². The average molecular weight is 377 g/mol. The van der Waals surface area contributed by atoms with Crippen LogP contribution in [0, 0.1) is 10.1 Å². The number of fused-ring (bicyclic) bond motifs is 1. The van der Waals surface area contributed by atoms with Crippen molar-refractivity contribution in [3.05, 3.63) is 82.5 Å². The first-order valence-electron chi connectivity index (χ1n) is 8.81. The van der Waals surface area contributed by atoms with E-state index in [1.807, 2.05) is 30.3 Å². The number of benzene rings is 2. The maximum Gasteiger partial charge on any atom is 0.276 e. The summed E-state index contributed by atoms with van der Waals surface area (Å²) in [6.45, 7) is 0.863. The van der Waals surface area contributed by atoms with E-state index in [1.54, 1.807) is 24.4 Å². The molecule has 0 atom stereocenters. The molecule has 142 valence electrons. The third-order valence-corrected chi connectivity index (χ3v) is 4.02. The lowest BCUT2D eigenvalue weighted by molar-refractivity contribution is -0.385. The molecule has 0 radical (unpaired) electrons. The van der Waals surface area contributed by atoms with Crippen molar-refractivity contribution in [2.45, 2.75) is 6.42 Å². The maximum absolute atomic E-state index is 11.9. The van der Waals surface area contributed by atoms with Gasteiger partial charge in [0.2, 0.25) is 5.91 Å². The summed E-state index contributed by atoms with van der Waals surface area (Å²) in [5.74, 6) is 0.394. The van der Waals surface area contributed by atoms with Crippen molar-refractivity contribution in [1.82, 2.24) is 10.3 Å². The van der Waals surface area contributed by atoms with E-state index >= 15 is 0 Å². The van der Waals surface area contributed by atoms with Crippen molar-refractivity contribution < 1.29 is 14.5 Å². The third-order valence-electron chi connectivity index (χ3n) is 4.02. The van der Waals surface area contributed by atoms with Crippen LogP contribution in [0.5, 0.6) is 5.75 Å². The molecule has 0 spiro atoms. The number of nitro groups is 1. The van der Waals surface area contributed by atoms with Crippen molar-refractivity contribution in [3.63, 3.8) is 0 Å². The predicted molar refractivity (Wildman–Crippen MR) is 107 cm³/mol. The van der Waals surface area contributed by atoms with E-state index in [9.17, 15) is 14.9 Å². The van der Waals surface area contributed by atoms with Crippen LogP contribution in [0.1, 0.15) is 12.0 Å². The number of ether oxygens (including phenoxy) is 1. The molecule has 7 nitrogen and oxygen atoms in total. The minimum absolute atomic E-state index is 0.0383. The zero-order chi connectivity index (χ0) is 19.8. The molecule has 1 amide bonds. The summed E-state index contributed by atoms with van der Waals surface area (Å²) in [6, 6.07) is 15.9. The fourth-order valence-corrected chi connectivity index (χ4v) is 2.68. The molecule has 28 heavy (non-hydrogen) atoms. The molecule has 0 aliphatic heterocycles. The highest BCUT2D eigenvalue weighted by atomic mass is 16.6. The Hall–Kier alpha value is -3.74. The summed E-state index contributed by atoms with van der Waals surface area (Å²) in [5, 5.41) is 14.7. The van der Waals surface area contributed by atoms with E-state index in [0.29, 0.717) is 30.9 Å². The van der Waals surface area contributed by atoms with Crippen molar-refractivity contribution >= 4 is 28.6 Å². The van der Waals surface area contributed by atoms with Crippen molar-refractivity contribution in [1.29, 1.82) is 0 Å². The van der Waals surface area contributed by atoms with Gasteiger partial charge in [-0.1, -0.05) is 30.3 Å². The van der Waals surface area contributed by atoms with Crippen molar-refractivity contribution in [3.8, 4) is 5.75 Å². The van der Waals surface area contributed by atoms with Crippen LogP contribution >= 0.6 is 0 Å². The van der Waals surface area contributed by atoms with Crippen LogP contribution in [0.4, 0.5) is 5.69 Å².